The van der Waals surface area contributed by atoms with Crippen LogP contribution in [0.3, 0.4) is 0 Å². The molecule has 1 atom stereocenters. The van der Waals surface area contributed by atoms with Gasteiger partial charge in [0.15, 0.2) is 0 Å². The first-order chi connectivity index (χ1) is 8.69. The van der Waals surface area contributed by atoms with Gasteiger partial charge < -0.3 is 5.32 Å². The van der Waals surface area contributed by atoms with Crippen LogP contribution in [0.25, 0.3) is 0 Å². The largest absolute Gasteiger partial charge is 0.319 e. The van der Waals surface area contributed by atoms with E-state index in [1.807, 2.05) is 26.1 Å². The fourth-order valence-corrected chi connectivity index (χ4v) is 2.81. The zero-order valence-corrected chi connectivity index (χ0v) is 11.4. The lowest BCUT2D eigenvalue weighted by Gasteiger charge is -2.32. The summed E-state index contributed by atoms with van der Waals surface area (Å²) in [5, 5.41) is 3.26. The molecule has 1 fully saturated rings. The maximum Gasteiger partial charge on any atom is 0.126 e. The first kappa shape index (κ1) is 13.5. The van der Waals surface area contributed by atoms with Crippen molar-refractivity contribution in [3.05, 3.63) is 35.1 Å². The summed E-state index contributed by atoms with van der Waals surface area (Å²) >= 11 is 0. The Hall–Kier alpha value is -0.930. The molecule has 2 rings (SSSR count). The number of hydrogen-bond acceptors (Lipinski definition) is 2. The summed E-state index contributed by atoms with van der Waals surface area (Å²) in [4.78, 5) is 2.48. The highest BCUT2D eigenvalue weighted by molar-refractivity contribution is 5.23. The number of halogens is 1. The van der Waals surface area contributed by atoms with E-state index in [2.05, 4.69) is 10.2 Å². The first-order valence-electron chi connectivity index (χ1n) is 6.81. The van der Waals surface area contributed by atoms with Gasteiger partial charge >= 0.3 is 0 Å². The molecule has 100 valence electrons. The maximum atomic E-state index is 13.2. The molecule has 18 heavy (non-hydrogen) atoms. The second-order valence-electron chi connectivity index (χ2n) is 5.38. The molecule has 0 amide bonds. The number of benzene rings is 1. The fourth-order valence-electron chi connectivity index (χ4n) is 2.81. The Balaban J connectivity index is 1.93. The number of aryl methyl sites for hydroxylation is 1. The highest BCUT2D eigenvalue weighted by Crippen LogP contribution is 2.19. The van der Waals surface area contributed by atoms with Gasteiger partial charge in [-0.3, -0.25) is 4.90 Å². The molecule has 0 aliphatic carbocycles. The maximum absolute atomic E-state index is 13.2. The standard InChI is InChI=1S/C15H23FN2/c1-12-8-13(5-6-15(12)16)10-18-7-3-4-14(11-18)9-17-2/h5-6,8,14,17H,3-4,7,9-11H2,1-2H3. The molecule has 1 aromatic carbocycles. The SMILES string of the molecule is CNCC1CCCN(Cc2ccc(F)c(C)c2)C1. The summed E-state index contributed by atoms with van der Waals surface area (Å²) in [5.41, 5.74) is 1.97. The van der Waals surface area contributed by atoms with Gasteiger partial charge in [-0.1, -0.05) is 12.1 Å². The Morgan fingerprint density at radius 3 is 3.00 bits per heavy atom. The summed E-state index contributed by atoms with van der Waals surface area (Å²) < 4.78 is 13.2. The first-order valence-corrected chi connectivity index (χ1v) is 6.81. The minimum atomic E-state index is -0.106. The van der Waals surface area contributed by atoms with E-state index in [0.717, 1.165) is 37.7 Å². The van der Waals surface area contributed by atoms with E-state index in [1.54, 1.807) is 6.07 Å². The third-order valence-electron chi connectivity index (χ3n) is 3.72. The summed E-state index contributed by atoms with van der Waals surface area (Å²) in [6.45, 7) is 6.19. The highest BCUT2D eigenvalue weighted by Gasteiger charge is 2.19. The molecular formula is C15H23FN2. The topological polar surface area (TPSA) is 15.3 Å². The lowest BCUT2D eigenvalue weighted by Crippen LogP contribution is -2.38. The molecule has 2 nitrogen and oxygen atoms in total. The fraction of sp³-hybridized carbons (Fsp3) is 0.600. The molecule has 0 saturated carbocycles. The Kier molecular flexibility index (Phi) is 4.72. The Morgan fingerprint density at radius 1 is 1.44 bits per heavy atom. The summed E-state index contributed by atoms with van der Waals surface area (Å²) in [6, 6.07) is 5.46. The van der Waals surface area contributed by atoms with Crippen molar-refractivity contribution in [3.8, 4) is 0 Å². The van der Waals surface area contributed by atoms with Gasteiger partial charge in [-0.05, 0) is 63.0 Å². The highest BCUT2D eigenvalue weighted by atomic mass is 19.1. The zero-order chi connectivity index (χ0) is 13.0. The van der Waals surface area contributed by atoms with E-state index in [-0.39, 0.29) is 5.82 Å². The van der Waals surface area contributed by atoms with Crippen LogP contribution < -0.4 is 5.32 Å². The number of hydrogen-bond donors (Lipinski definition) is 1. The number of piperidine rings is 1. The third-order valence-corrected chi connectivity index (χ3v) is 3.72. The minimum Gasteiger partial charge on any atom is -0.319 e. The van der Waals surface area contributed by atoms with Crippen molar-refractivity contribution in [1.82, 2.24) is 10.2 Å². The number of likely N-dealkylation sites (tertiary alicyclic amines) is 1. The molecule has 0 radical (unpaired) electrons. The molecule has 1 N–H and O–H groups in total. The molecule has 0 spiro atoms. The van der Waals surface area contributed by atoms with Gasteiger partial charge in [-0.2, -0.15) is 0 Å². The van der Waals surface area contributed by atoms with Crippen molar-refractivity contribution in [1.29, 1.82) is 0 Å². The summed E-state index contributed by atoms with van der Waals surface area (Å²) in [7, 11) is 2.02. The van der Waals surface area contributed by atoms with E-state index >= 15 is 0 Å². The predicted octanol–water partition coefficient (Wildman–Crippen LogP) is 2.57. The van der Waals surface area contributed by atoms with Crippen LogP contribution in [0, 0.1) is 18.7 Å². The van der Waals surface area contributed by atoms with Crippen molar-refractivity contribution in [3.63, 3.8) is 0 Å². The number of rotatable bonds is 4. The monoisotopic (exact) mass is 250 g/mol. The van der Waals surface area contributed by atoms with Gasteiger partial charge in [0.05, 0.1) is 0 Å². The van der Waals surface area contributed by atoms with Gasteiger partial charge in [0, 0.05) is 13.1 Å². The van der Waals surface area contributed by atoms with Gasteiger partial charge in [0.25, 0.3) is 0 Å². The third kappa shape index (κ3) is 3.53. The quantitative estimate of drug-likeness (QED) is 0.883. The lowest BCUT2D eigenvalue weighted by atomic mass is 9.97. The smallest absolute Gasteiger partial charge is 0.126 e. The average molecular weight is 250 g/mol. The van der Waals surface area contributed by atoms with Crippen molar-refractivity contribution < 1.29 is 4.39 Å². The number of nitrogens with one attached hydrogen (secondary N) is 1. The van der Waals surface area contributed by atoms with Crippen molar-refractivity contribution in [2.24, 2.45) is 5.92 Å². The molecule has 1 saturated heterocycles. The molecule has 1 aliphatic heterocycles. The molecule has 1 unspecified atom stereocenters. The van der Waals surface area contributed by atoms with Crippen LogP contribution in [0.1, 0.15) is 24.0 Å². The second kappa shape index (κ2) is 6.30. The predicted molar refractivity (Wildman–Crippen MR) is 73.1 cm³/mol. The second-order valence-corrected chi connectivity index (χ2v) is 5.38. The van der Waals surface area contributed by atoms with Crippen molar-refractivity contribution in [2.45, 2.75) is 26.3 Å². The molecule has 1 aromatic rings. The minimum absolute atomic E-state index is 0.106. The van der Waals surface area contributed by atoms with Crippen LogP contribution in [-0.4, -0.2) is 31.6 Å². The normalized spacial score (nSPS) is 21.2. The Bertz CT molecular complexity index is 390. The van der Waals surface area contributed by atoms with Crippen LogP contribution in [0.15, 0.2) is 18.2 Å². The summed E-state index contributed by atoms with van der Waals surface area (Å²) in [6.07, 6.45) is 2.59. The van der Waals surface area contributed by atoms with Crippen LogP contribution in [0.5, 0.6) is 0 Å². The van der Waals surface area contributed by atoms with E-state index in [0.29, 0.717) is 0 Å². The molecule has 1 aliphatic rings. The van der Waals surface area contributed by atoms with Crippen molar-refractivity contribution >= 4 is 0 Å². The van der Waals surface area contributed by atoms with Crippen LogP contribution in [0.2, 0.25) is 0 Å². The molecule has 0 bridgehead atoms. The molecule has 3 heteroatoms. The van der Waals surface area contributed by atoms with Crippen molar-refractivity contribution in [2.75, 3.05) is 26.7 Å². The van der Waals surface area contributed by atoms with Gasteiger partial charge in [0.1, 0.15) is 5.82 Å². The molecular weight excluding hydrogens is 227 g/mol. The van der Waals surface area contributed by atoms with Crippen LogP contribution in [0.4, 0.5) is 4.39 Å². The lowest BCUT2D eigenvalue weighted by molar-refractivity contribution is 0.167. The zero-order valence-electron chi connectivity index (χ0n) is 11.4. The van der Waals surface area contributed by atoms with Gasteiger partial charge in [-0.15, -0.1) is 0 Å². The van der Waals surface area contributed by atoms with Crippen LogP contribution >= 0.6 is 0 Å². The average Bonchev–Trinajstić information content (AvgIpc) is 2.35. The summed E-state index contributed by atoms with van der Waals surface area (Å²) in [5.74, 6) is 0.649. The van der Waals surface area contributed by atoms with E-state index in [9.17, 15) is 4.39 Å². The molecule has 1 heterocycles. The van der Waals surface area contributed by atoms with Gasteiger partial charge in [0.2, 0.25) is 0 Å². The van der Waals surface area contributed by atoms with Crippen LogP contribution in [-0.2, 0) is 6.54 Å². The Morgan fingerprint density at radius 2 is 2.28 bits per heavy atom. The Labute approximate surface area is 109 Å². The van der Waals surface area contributed by atoms with Gasteiger partial charge in [-0.25, -0.2) is 4.39 Å². The van der Waals surface area contributed by atoms with E-state index in [1.165, 1.54) is 18.4 Å². The molecule has 0 aromatic heterocycles. The number of nitrogens with zero attached hydrogens (tertiary/aromatic N) is 1. The van der Waals surface area contributed by atoms with E-state index in [4.69, 9.17) is 0 Å². The van der Waals surface area contributed by atoms with E-state index < -0.39 is 0 Å².